The maximum absolute atomic E-state index is 11.0. The predicted octanol–water partition coefficient (Wildman–Crippen LogP) is 0.645. The van der Waals surface area contributed by atoms with E-state index in [0.717, 1.165) is 19.4 Å². The fourth-order valence-corrected chi connectivity index (χ4v) is 1.58. The van der Waals surface area contributed by atoms with Crippen LogP contribution in [0.1, 0.15) is 12.8 Å². The highest BCUT2D eigenvalue weighted by Crippen LogP contribution is 2.10. The van der Waals surface area contributed by atoms with Gasteiger partial charge in [0.15, 0.2) is 0 Å². The molecular formula is C8H15NO2S. The summed E-state index contributed by atoms with van der Waals surface area (Å²) in [6, 6.07) is 0. The molecule has 1 rings (SSSR count). The van der Waals surface area contributed by atoms with Crippen molar-refractivity contribution >= 4 is 17.7 Å². The number of ether oxygens (including phenoxy) is 1. The van der Waals surface area contributed by atoms with Crippen LogP contribution < -0.4 is 5.32 Å². The number of nitrogens with one attached hydrogen (secondary N) is 1. The van der Waals surface area contributed by atoms with E-state index in [0.29, 0.717) is 12.3 Å². The summed E-state index contributed by atoms with van der Waals surface area (Å²) >= 11 is 1.54. The Balaban J connectivity index is 2.03. The fraction of sp³-hybridized carbons (Fsp3) is 0.875. The van der Waals surface area contributed by atoms with E-state index in [4.69, 9.17) is 4.74 Å². The van der Waals surface area contributed by atoms with Crippen LogP contribution >= 0.6 is 11.8 Å². The second kappa shape index (κ2) is 5.43. The highest BCUT2D eigenvalue weighted by molar-refractivity contribution is 7.99. The van der Waals surface area contributed by atoms with Crippen molar-refractivity contribution in [2.24, 2.45) is 0 Å². The average molecular weight is 189 g/mol. The van der Waals surface area contributed by atoms with E-state index in [2.05, 4.69) is 5.32 Å². The third-order valence-electron chi connectivity index (χ3n) is 1.83. The van der Waals surface area contributed by atoms with Gasteiger partial charge in [-0.2, -0.15) is 11.8 Å². The Morgan fingerprint density at radius 1 is 1.75 bits per heavy atom. The molecule has 0 aromatic carbocycles. The van der Waals surface area contributed by atoms with Crippen LogP contribution in [0.4, 0.5) is 0 Å². The Bertz CT molecular complexity index is 146. The maximum atomic E-state index is 11.0. The molecule has 1 aliphatic heterocycles. The molecule has 0 spiro atoms. The first kappa shape index (κ1) is 9.86. The largest absolute Gasteiger partial charge is 0.376 e. The standard InChI is InChI=1S/C8H15NO2S/c1-12-6-8(10)9-5-7-3-2-4-11-7/h7H,2-6H2,1H3,(H,9,10)/t7-/m1/s1. The van der Waals surface area contributed by atoms with Crippen molar-refractivity contribution in [1.82, 2.24) is 5.32 Å². The lowest BCUT2D eigenvalue weighted by Gasteiger charge is -2.09. The van der Waals surface area contributed by atoms with Gasteiger partial charge in [-0.15, -0.1) is 0 Å². The van der Waals surface area contributed by atoms with Crippen LogP contribution in [0.3, 0.4) is 0 Å². The first-order chi connectivity index (χ1) is 5.83. The van der Waals surface area contributed by atoms with Gasteiger partial charge in [0, 0.05) is 13.2 Å². The summed E-state index contributed by atoms with van der Waals surface area (Å²) in [6.07, 6.45) is 4.39. The Kier molecular flexibility index (Phi) is 4.46. The molecule has 0 radical (unpaired) electrons. The molecule has 1 heterocycles. The van der Waals surface area contributed by atoms with E-state index in [9.17, 15) is 4.79 Å². The van der Waals surface area contributed by atoms with Gasteiger partial charge in [0.25, 0.3) is 0 Å². The van der Waals surface area contributed by atoms with Crippen molar-refractivity contribution in [2.45, 2.75) is 18.9 Å². The van der Waals surface area contributed by atoms with Crippen LogP contribution in [0, 0.1) is 0 Å². The second-order valence-corrected chi connectivity index (χ2v) is 3.74. The van der Waals surface area contributed by atoms with Gasteiger partial charge in [-0.25, -0.2) is 0 Å². The lowest BCUT2D eigenvalue weighted by Crippen LogP contribution is -2.32. The molecule has 70 valence electrons. The van der Waals surface area contributed by atoms with Crippen molar-refractivity contribution < 1.29 is 9.53 Å². The van der Waals surface area contributed by atoms with E-state index in [-0.39, 0.29) is 12.0 Å². The fourth-order valence-electron chi connectivity index (χ4n) is 1.22. The highest BCUT2D eigenvalue weighted by Gasteiger charge is 2.15. The summed E-state index contributed by atoms with van der Waals surface area (Å²) in [5, 5.41) is 2.84. The van der Waals surface area contributed by atoms with Gasteiger partial charge in [0.2, 0.25) is 5.91 Å². The molecule has 0 saturated carbocycles. The number of amides is 1. The SMILES string of the molecule is CSCC(=O)NC[C@H]1CCCO1. The lowest BCUT2D eigenvalue weighted by molar-refractivity contribution is -0.119. The van der Waals surface area contributed by atoms with Crippen LogP contribution in [0.25, 0.3) is 0 Å². The number of rotatable bonds is 4. The number of hydrogen-bond donors (Lipinski definition) is 1. The first-order valence-electron chi connectivity index (χ1n) is 4.20. The monoisotopic (exact) mass is 189 g/mol. The molecule has 0 bridgehead atoms. The maximum Gasteiger partial charge on any atom is 0.230 e. The second-order valence-electron chi connectivity index (χ2n) is 2.87. The molecule has 0 unspecified atom stereocenters. The van der Waals surface area contributed by atoms with E-state index in [1.165, 1.54) is 11.8 Å². The van der Waals surface area contributed by atoms with E-state index >= 15 is 0 Å². The van der Waals surface area contributed by atoms with Crippen LogP contribution in [0.2, 0.25) is 0 Å². The number of hydrogen-bond acceptors (Lipinski definition) is 3. The normalized spacial score (nSPS) is 22.6. The first-order valence-corrected chi connectivity index (χ1v) is 5.59. The van der Waals surface area contributed by atoms with Crippen molar-refractivity contribution in [2.75, 3.05) is 25.2 Å². The number of thioether (sulfide) groups is 1. The minimum Gasteiger partial charge on any atom is -0.376 e. The summed E-state index contributed by atoms with van der Waals surface area (Å²) in [6.45, 7) is 1.53. The minimum absolute atomic E-state index is 0.109. The molecular weight excluding hydrogens is 174 g/mol. The highest BCUT2D eigenvalue weighted by atomic mass is 32.2. The molecule has 0 aliphatic carbocycles. The van der Waals surface area contributed by atoms with Crippen molar-refractivity contribution in [3.8, 4) is 0 Å². The third-order valence-corrected chi connectivity index (χ3v) is 2.38. The Morgan fingerprint density at radius 2 is 2.58 bits per heavy atom. The van der Waals surface area contributed by atoms with Crippen LogP contribution in [-0.2, 0) is 9.53 Å². The molecule has 1 amide bonds. The van der Waals surface area contributed by atoms with Crippen LogP contribution in [0.15, 0.2) is 0 Å². The molecule has 3 nitrogen and oxygen atoms in total. The Morgan fingerprint density at radius 3 is 3.17 bits per heavy atom. The van der Waals surface area contributed by atoms with E-state index in [1.54, 1.807) is 0 Å². The topological polar surface area (TPSA) is 38.3 Å². The number of carbonyl (C=O) groups is 1. The summed E-state index contributed by atoms with van der Waals surface area (Å²) in [7, 11) is 0. The molecule has 4 heteroatoms. The zero-order valence-corrected chi connectivity index (χ0v) is 8.15. The molecule has 1 aliphatic rings. The van der Waals surface area contributed by atoms with Crippen LogP contribution in [-0.4, -0.2) is 37.2 Å². The molecule has 0 aromatic heterocycles. The van der Waals surface area contributed by atoms with Crippen LogP contribution in [0.5, 0.6) is 0 Å². The van der Waals surface area contributed by atoms with Crippen molar-refractivity contribution in [3.63, 3.8) is 0 Å². The molecule has 1 atom stereocenters. The van der Waals surface area contributed by atoms with Gasteiger partial charge in [-0.3, -0.25) is 4.79 Å². The zero-order chi connectivity index (χ0) is 8.81. The predicted molar refractivity (Wildman–Crippen MR) is 50.4 cm³/mol. The smallest absolute Gasteiger partial charge is 0.230 e. The Hall–Kier alpha value is -0.220. The summed E-state index contributed by atoms with van der Waals surface area (Å²) in [5.41, 5.74) is 0. The summed E-state index contributed by atoms with van der Waals surface area (Å²) in [5.74, 6) is 0.658. The van der Waals surface area contributed by atoms with Gasteiger partial charge >= 0.3 is 0 Å². The van der Waals surface area contributed by atoms with Gasteiger partial charge < -0.3 is 10.1 Å². The Labute approximate surface area is 77.2 Å². The van der Waals surface area contributed by atoms with Gasteiger partial charge in [-0.05, 0) is 19.1 Å². The van der Waals surface area contributed by atoms with Gasteiger partial charge in [-0.1, -0.05) is 0 Å². The van der Waals surface area contributed by atoms with Gasteiger partial charge in [0.05, 0.1) is 11.9 Å². The lowest BCUT2D eigenvalue weighted by atomic mass is 10.2. The number of carbonyl (C=O) groups excluding carboxylic acids is 1. The third kappa shape index (κ3) is 3.45. The van der Waals surface area contributed by atoms with Gasteiger partial charge in [0.1, 0.15) is 0 Å². The summed E-state index contributed by atoms with van der Waals surface area (Å²) < 4.78 is 5.36. The molecule has 12 heavy (non-hydrogen) atoms. The molecule has 1 fully saturated rings. The molecule has 0 aromatic rings. The quantitative estimate of drug-likeness (QED) is 0.705. The summed E-state index contributed by atoms with van der Waals surface area (Å²) in [4.78, 5) is 11.0. The van der Waals surface area contributed by atoms with Crippen molar-refractivity contribution in [1.29, 1.82) is 0 Å². The van der Waals surface area contributed by atoms with E-state index in [1.807, 2.05) is 6.26 Å². The van der Waals surface area contributed by atoms with E-state index < -0.39 is 0 Å². The minimum atomic E-state index is 0.109. The van der Waals surface area contributed by atoms with Crippen molar-refractivity contribution in [3.05, 3.63) is 0 Å². The average Bonchev–Trinajstić information content (AvgIpc) is 2.53. The molecule has 1 N–H and O–H groups in total. The zero-order valence-electron chi connectivity index (χ0n) is 7.34. The molecule has 1 saturated heterocycles.